The molecule has 0 unspecified atom stereocenters. The largest absolute Gasteiger partial charge is 0.311 e. The Bertz CT molecular complexity index is 479. The zero-order valence-electron chi connectivity index (χ0n) is 9.86. The highest BCUT2D eigenvalue weighted by Crippen LogP contribution is 2.19. The maximum Gasteiger partial charge on any atom is 0.0787 e. The number of hydrogen-bond donors (Lipinski definition) is 1. The summed E-state index contributed by atoms with van der Waals surface area (Å²) in [5.74, 6) is 0. The molecular formula is C13H16BrN3. The lowest BCUT2D eigenvalue weighted by molar-refractivity contribution is 0.656. The van der Waals surface area contributed by atoms with Crippen LogP contribution in [0.3, 0.4) is 0 Å². The van der Waals surface area contributed by atoms with Gasteiger partial charge in [-0.2, -0.15) is 5.10 Å². The van der Waals surface area contributed by atoms with Crippen molar-refractivity contribution in [2.45, 2.75) is 19.9 Å². The SMILES string of the molecule is CCCNCc1ccn(-c2ccccc2Br)n1. The molecule has 2 aromatic rings. The molecule has 0 amide bonds. The first-order chi connectivity index (χ1) is 8.31. The van der Waals surface area contributed by atoms with E-state index in [-0.39, 0.29) is 0 Å². The van der Waals surface area contributed by atoms with Crippen LogP contribution in [0.1, 0.15) is 19.0 Å². The van der Waals surface area contributed by atoms with Crippen LogP contribution >= 0.6 is 15.9 Å². The molecule has 0 saturated heterocycles. The molecule has 90 valence electrons. The van der Waals surface area contributed by atoms with E-state index in [2.05, 4.69) is 33.3 Å². The van der Waals surface area contributed by atoms with Crippen molar-refractivity contribution in [1.29, 1.82) is 0 Å². The van der Waals surface area contributed by atoms with E-state index in [0.29, 0.717) is 0 Å². The first kappa shape index (κ1) is 12.3. The second-order valence-corrected chi connectivity index (χ2v) is 4.73. The fraction of sp³-hybridized carbons (Fsp3) is 0.308. The molecule has 4 heteroatoms. The molecule has 3 nitrogen and oxygen atoms in total. The number of benzene rings is 1. The molecule has 1 aromatic carbocycles. The number of para-hydroxylation sites is 1. The Morgan fingerprint density at radius 3 is 2.88 bits per heavy atom. The molecule has 0 radical (unpaired) electrons. The second kappa shape index (κ2) is 5.98. The van der Waals surface area contributed by atoms with Crippen molar-refractivity contribution in [3.8, 4) is 5.69 Å². The van der Waals surface area contributed by atoms with E-state index in [1.165, 1.54) is 0 Å². The Kier molecular flexibility index (Phi) is 4.34. The summed E-state index contributed by atoms with van der Waals surface area (Å²) < 4.78 is 2.95. The molecule has 0 aliphatic rings. The zero-order valence-corrected chi connectivity index (χ0v) is 11.4. The fourth-order valence-corrected chi connectivity index (χ4v) is 2.09. The number of halogens is 1. The van der Waals surface area contributed by atoms with Crippen molar-refractivity contribution in [3.05, 3.63) is 46.7 Å². The Hall–Kier alpha value is -1.13. The van der Waals surface area contributed by atoms with E-state index in [0.717, 1.165) is 35.4 Å². The number of hydrogen-bond acceptors (Lipinski definition) is 2. The molecule has 0 bridgehead atoms. The van der Waals surface area contributed by atoms with Crippen molar-refractivity contribution in [3.63, 3.8) is 0 Å². The van der Waals surface area contributed by atoms with Crippen LogP contribution in [0.4, 0.5) is 0 Å². The molecule has 1 N–H and O–H groups in total. The molecule has 2 rings (SSSR count). The van der Waals surface area contributed by atoms with E-state index in [1.807, 2.05) is 41.2 Å². The van der Waals surface area contributed by atoms with Gasteiger partial charge in [0.2, 0.25) is 0 Å². The maximum atomic E-state index is 4.54. The van der Waals surface area contributed by atoms with E-state index < -0.39 is 0 Å². The molecule has 0 aliphatic carbocycles. The highest BCUT2D eigenvalue weighted by Gasteiger charge is 2.03. The van der Waals surface area contributed by atoms with Gasteiger partial charge in [-0.05, 0) is 47.1 Å². The normalized spacial score (nSPS) is 10.7. The second-order valence-electron chi connectivity index (χ2n) is 3.88. The van der Waals surface area contributed by atoms with Crippen LogP contribution in [0.15, 0.2) is 41.0 Å². The molecule has 0 spiro atoms. The van der Waals surface area contributed by atoms with E-state index in [1.54, 1.807) is 0 Å². The molecular weight excluding hydrogens is 278 g/mol. The van der Waals surface area contributed by atoms with Crippen molar-refractivity contribution in [2.24, 2.45) is 0 Å². The van der Waals surface area contributed by atoms with Gasteiger partial charge in [0.1, 0.15) is 0 Å². The third-order valence-electron chi connectivity index (χ3n) is 2.48. The molecule has 0 aliphatic heterocycles. The van der Waals surface area contributed by atoms with Crippen LogP contribution in [0, 0.1) is 0 Å². The summed E-state index contributed by atoms with van der Waals surface area (Å²) in [6, 6.07) is 10.1. The van der Waals surface area contributed by atoms with E-state index in [9.17, 15) is 0 Å². The van der Waals surface area contributed by atoms with Gasteiger partial charge in [-0.3, -0.25) is 0 Å². The van der Waals surface area contributed by atoms with Crippen molar-refractivity contribution < 1.29 is 0 Å². The summed E-state index contributed by atoms with van der Waals surface area (Å²) in [5.41, 5.74) is 2.13. The average molecular weight is 294 g/mol. The lowest BCUT2D eigenvalue weighted by Gasteiger charge is -2.03. The maximum absolute atomic E-state index is 4.54. The summed E-state index contributed by atoms with van der Waals surface area (Å²) in [5, 5.41) is 7.88. The van der Waals surface area contributed by atoms with E-state index >= 15 is 0 Å². The van der Waals surface area contributed by atoms with Crippen LogP contribution in [0.5, 0.6) is 0 Å². The summed E-state index contributed by atoms with van der Waals surface area (Å²) in [4.78, 5) is 0. The Morgan fingerprint density at radius 1 is 1.29 bits per heavy atom. The lowest BCUT2D eigenvalue weighted by atomic mass is 10.3. The molecule has 1 heterocycles. The van der Waals surface area contributed by atoms with Gasteiger partial charge < -0.3 is 5.32 Å². The van der Waals surface area contributed by atoms with Gasteiger partial charge in [-0.1, -0.05) is 19.1 Å². The number of nitrogens with one attached hydrogen (secondary N) is 1. The van der Waals surface area contributed by atoms with Crippen LogP contribution in [-0.2, 0) is 6.54 Å². The molecule has 0 fully saturated rings. The fourth-order valence-electron chi connectivity index (χ4n) is 1.62. The van der Waals surface area contributed by atoms with Gasteiger partial charge in [0.15, 0.2) is 0 Å². The third kappa shape index (κ3) is 3.17. The smallest absolute Gasteiger partial charge is 0.0787 e. The van der Waals surface area contributed by atoms with Gasteiger partial charge in [0, 0.05) is 17.2 Å². The van der Waals surface area contributed by atoms with Crippen molar-refractivity contribution in [2.75, 3.05) is 6.54 Å². The Morgan fingerprint density at radius 2 is 2.12 bits per heavy atom. The minimum absolute atomic E-state index is 0.825. The van der Waals surface area contributed by atoms with Crippen molar-refractivity contribution >= 4 is 15.9 Å². The van der Waals surface area contributed by atoms with Crippen LogP contribution in [0.2, 0.25) is 0 Å². The monoisotopic (exact) mass is 293 g/mol. The number of nitrogens with zero attached hydrogens (tertiary/aromatic N) is 2. The molecule has 0 saturated carbocycles. The van der Waals surface area contributed by atoms with Crippen molar-refractivity contribution in [1.82, 2.24) is 15.1 Å². The standard InChI is InChI=1S/C13H16BrN3/c1-2-8-15-10-11-7-9-17(16-11)13-6-4-3-5-12(13)14/h3-7,9,15H,2,8,10H2,1H3. The van der Waals surface area contributed by atoms with Gasteiger partial charge >= 0.3 is 0 Å². The first-order valence-electron chi connectivity index (χ1n) is 5.81. The third-order valence-corrected chi connectivity index (χ3v) is 3.15. The minimum Gasteiger partial charge on any atom is -0.311 e. The van der Waals surface area contributed by atoms with Crippen LogP contribution < -0.4 is 5.32 Å². The number of aromatic nitrogens is 2. The summed E-state index contributed by atoms with van der Waals surface area (Å²) in [6.07, 6.45) is 3.13. The predicted molar refractivity (Wildman–Crippen MR) is 73.3 cm³/mol. The summed E-state index contributed by atoms with van der Waals surface area (Å²) in [6.45, 7) is 4.01. The molecule has 1 aromatic heterocycles. The Labute approximate surface area is 110 Å². The Balaban J connectivity index is 2.10. The summed E-state index contributed by atoms with van der Waals surface area (Å²) >= 11 is 3.53. The topological polar surface area (TPSA) is 29.9 Å². The highest BCUT2D eigenvalue weighted by molar-refractivity contribution is 9.10. The molecule has 17 heavy (non-hydrogen) atoms. The van der Waals surface area contributed by atoms with Crippen LogP contribution in [0.25, 0.3) is 5.69 Å². The number of rotatable bonds is 5. The highest BCUT2D eigenvalue weighted by atomic mass is 79.9. The lowest BCUT2D eigenvalue weighted by Crippen LogP contribution is -2.14. The predicted octanol–water partition coefficient (Wildman–Crippen LogP) is 3.13. The van der Waals surface area contributed by atoms with Gasteiger partial charge in [0.25, 0.3) is 0 Å². The van der Waals surface area contributed by atoms with Crippen LogP contribution in [-0.4, -0.2) is 16.3 Å². The van der Waals surface area contributed by atoms with Gasteiger partial charge in [-0.25, -0.2) is 4.68 Å². The van der Waals surface area contributed by atoms with E-state index in [4.69, 9.17) is 0 Å². The average Bonchev–Trinajstić information content (AvgIpc) is 2.79. The summed E-state index contributed by atoms with van der Waals surface area (Å²) in [7, 11) is 0. The van der Waals surface area contributed by atoms with Gasteiger partial charge in [-0.15, -0.1) is 0 Å². The van der Waals surface area contributed by atoms with Gasteiger partial charge in [0.05, 0.1) is 11.4 Å². The molecule has 0 atom stereocenters. The zero-order chi connectivity index (χ0) is 12.1. The first-order valence-corrected chi connectivity index (χ1v) is 6.60. The quantitative estimate of drug-likeness (QED) is 0.859. The minimum atomic E-state index is 0.825.